The molecule has 8 heteroatoms. The van der Waals surface area contributed by atoms with Crippen LogP contribution in [0.2, 0.25) is 0 Å². The Morgan fingerprint density at radius 3 is 2.56 bits per heavy atom. The highest BCUT2D eigenvalue weighted by Gasteiger charge is 2.37. The first-order valence-corrected chi connectivity index (χ1v) is 8.57. The first-order valence-electron chi connectivity index (χ1n) is 8.57. The van der Waals surface area contributed by atoms with Gasteiger partial charge >= 0.3 is 0 Å². The second-order valence-electron chi connectivity index (χ2n) is 6.24. The normalized spacial score (nSPS) is 21.5. The van der Waals surface area contributed by atoms with Crippen LogP contribution in [0.25, 0.3) is 0 Å². The van der Waals surface area contributed by atoms with Gasteiger partial charge in [0.25, 0.3) is 0 Å². The average molecular weight is 340 g/mol. The van der Waals surface area contributed by atoms with Crippen LogP contribution in [0.4, 0.5) is 5.95 Å². The van der Waals surface area contributed by atoms with Gasteiger partial charge in [-0.05, 0) is 18.9 Å². The van der Waals surface area contributed by atoms with Gasteiger partial charge in [-0.25, -0.2) is 15.0 Å². The van der Waals surface area contributed by atoms with Crippen LogP contribution < -0.4 is 4.90 Å². The maximum absolute atomic E-state index is 12.9. The third kappa shape index (κ3) is 3.30. The molecule has 2 aliphatic rings. The minimum atomic E-state index is -0.142. The predicted octanol–water partition coefficient (Wildman–Crippen LogP) is 1.39. The lowest BCUT2D eigenvalue weighted by atomic mass is 9.95. The minimum Gasteiger partial charge on any atom is -0.341 e. The second-order valence-corrected chi connectivity index (χ2v) is 6.24. The maximum atomic E-state index is 12.9. The summed E-state index contributed by atoms with van der Waals surface area (Å²) in [5.41, 5.74) is 0.781. The van der Waals surface area contributed by atoms with Crippen molar-refractivity contribution < 1.29 is 9.63 Å². The monoisotopic (exact) mass is 340 g/mol. The number of anilines is 1. The van der Waals surface area contributed by atoms with Gasteiger partial charge in [0, 0.05) is 50.2 Å². The van der Waals surface area contributed by atoms with Crippen molar-refractivity contribution in [3.63, 3.8) is 0 Å². The number of hydrogen-bond acceptors (Lipinski definition) is 7. The molecule has 0 aromatic carbocycles. The molecule has 2 saturated heterocycles. The van der Waals surface area contributed by atoms with Crippen molar-refractivity contribution >= 4 is 11.9 Å². The number of piperidine rings is 1. The van der Waals surface area contributed by atoms with E-state index in [2.05, 4.69) is 24.8 Å². The van der Waals surface area contributed by atoms with Gasteiger partial charge in [-0.15, -0.1) is 0 Å². The summed E-state index contributed by atoms with van der Waals surface area (Å²) in [6.45, 7) is 2.07. The summed E-state index contributed by atoms with van der Waals surface area (Å²) in [6.07, 6.45) is 10.7. The van der Waals surface area contributed by atoms with Gasteiger partial charge in [0.15, 0.2) is 0 Å². The second kappa shape index (κ2) is 7.10. The highest BCUT2D eigenvalue weighted by Crippen LogP contribution is 2.32. The van der Waals surface area contributed by atoms with Crippen molar-refractivity contribution in [1.29, 1.82) is 0 Å². The van der Waals surface area contributed by atoms with Crippen molar-refractivity contribution in [3.05, 3.63) is 42.7 Å². The zero-order valence-corrected chi connectivity index (χ0v) is 13.9. The lowest BCUT2D eigenvalue weighted by molar-refractivity contribution is -0.182. The van der Waals surface area contributed by atoms with E-state index in [0.717, 1.165) is 44.0 Å². The number of hydroxylamine groups is 2. The highest BCUT2D eigenvalue weighted by molar-refractivity contribution is 5.78. The van der Waals surface area contributed by atoms with Gasteiger partial charge < -0.3 is 4.90 Å². The molecule has 4 rings (SSSR count). The maximum Gasteiger partial charge on any atom is 0.250 e. The van der Waals surface area contributed by atoms with Crippen LogP contribution in [0.15, 0.2) is 37.1 Å². The van der Waals surface area contributed by atoms with E-state index in [0.29, 0.717) is 6.61 Å². The van der Waals surface area contributed by atoms with Crippen LogP contribution in [-0.2, 0) is 9.63 Å². The molecule has 2 aromatic heterocycles. The van der Waals surface area contributed by atoms with Crippen LogP contribution in [-0.4, -0.2) is 50.6 Å². The summed E-state index contributed by atoms with van der Waals surface area (Å²) < 4.78 is 0. The molecule has 2 aromatic rings. The average Bonchev–Trinajstić information content (AvgIpc) is 3.19. The zero-order chi connectivity index (χ0) is 17.1. The molecule has 4 heterocycles. The zero-order valence-electron chi connectivity index (χ0n) is 13.9. The standard InChI is InChI=1S/C17H20N6O2/c24-16(23-15(4-11-25-23)14-12-18-7-8-19-14)13-2-9-22(10-3-13)17-20-5-1-6-21-17/h1,5-8,12-13,15H,2-4,9-11H2/t15-/m0/s1. The van der Waals surface area contributed by atoms with E-state index in [-0.39, 0.29) is 17.9 Å². The summed E-state index contributed by atoms with van der Waals surface area (Å²) >= 11 is 0. The Morgan fingerprint density at radius 2 is 1.84 bits per heavy atom. The van der Waals surface area contributed by atoms with Crippen LogP contribution in [0, 0.1) is 5.92 Å². The molecule has 25 heavy (non-hydrogen) atoms. The molecule has 0 radical (unpaired) electrons. The number of hydrogen-bond donors (Lipinski definition) is 0. The molecule has 0 N–H and O–H groups in total. The molecule has 2 fully saturated rings. The molecule has 1 atom stereocenters. The van der Waals surface area contributed by atoms with Gasteiger partial charge in [-0.3, -0.25) is 19.6 Å². The van der Waals surface area contributed by atoms with Crippen LogP contribution >= 0.6 is 0 Å². The van der Waals surface area contributed by atoms with Gasteiger partial charge in [-0.2, -0.15) is 0 Å². The Morgan fingerprint density at radius 1 is 1.04 bits per heavy atom. The first-order chi connectivity index (χ1) is 12.3. The summed E-state index contributed by atoms with van der Waals surface area (Å²) in [7, 11) is 0. The van der Waals surface area contributed by atoms with E-state index in [1.54, 1.807) is 37.1 Å². The van der Waals surface area contributed by atoms with Crippen molar-refractivity contribution in [3.8, 4) is 0 Å². The third-order valence-corrected chi connectivity index (χ3v) is 4.73. The first kappa shape index (κ1) is 15.9. The molecule has 0 unspecified atom stereocenters. The van der Waals surface area contributed by atoms with Gasteiger partial charge in [0.1, 0.15) is 6.04 Å². The molecular formula is C17H20N6O2. The number of amides is 1. The topological polar surface area (TPSA) is 84.3 Å². The SMILES string of the molecule is O=C(C1CCN(c2ncccn2)CC1)N1OCC[C@H]1c1cnccn1. The van der Waals surface area contributed by atoms with E-state index in [1.165, 1.54) is 5.06 Å². The number of rotatable bonds is 3. The quantitative estimate of drug-likeness (QED) is 0.834. The predicted molar refractivity (Wildman–Crippen MR) is 89.2 cm³/mol. The molecule has 2 aliphatic heterocycles. The van der Waals surface area contributed by atoms with Crippen LogP contribution in [0.1, 0.15) is 31.0 Å². The van der Waals surface area contributed by atoms with Crippen LogP contribution in [0.3, 0.4) is 0 Å². The Kier molecular flexibility index (Phi) is 4.51. The van der Waals surface area contributed by atoms with E-state index < -0.39 is 0 Å². The van der Waals surface area contributed by atoms with E-state index in [4.69, 9.17) is 4.84 Å². The molecule has 0 aliphatic carbocycles. The van der Waals surface area contributed by atoms with Crippen molar-refractivity contribution in [2.75, 3.05) is 24.6 Å². The van der Waals surface area contributed by atoms with Crippen molar-refractivity contribution in [2.24, 2.45) is 5.92 Å². The lowest BCUT2D eigenvalue weighted by Gasteiger charge is -2.33. The molecule has 0 bridgehead atoms. The lowest BCUT2D eigenvalue weighted by Crippen LogP contribution is -2.42. The summed E-state index contributed by atoms with van der Waals surface area (Å²) in [5, 5.41) is 1.52. The smallest absolute Gasteiger partial charge is 0.250 e. The molecule has 0 spiro atoms. The van der Waals surface area contributed by atoms with Gasteiger partial charge in [0.05, 0.1) is 18.5 Å². The fourth-order valence-corrected chi connectivity index (χ4v) is 3.40. The summed E-state index contributed by atoms with van der Waals surface area (Å²) in [5.74, 6) is 0.724. The van der Waals surface area contributed by atoms with Crippen LogP contribution in [0.5, 0.6) is 0 Å². The van der Waals surface area contributed by atoms with Crippen molar-refractivity contribution in [1.82, 2.24) is 25.0 Å². The largest absolute Gasteiger partial charge is 0.341 e. The number of aromatic nitrogens is 4. The number of carbonyl (C=O) groups is 1. The van der Waals surface area contributed by atoms with Crippen molar-refractivity contribution in [2.45, 2.75) is 25.3 Å². The number of carbonyl (C=O) groups excluding carboxylic acids is 1. The Hall–Kier alpha value is -2.61. The fourth-order valence-electron chi connectivity index (χ4n) is 3.40. The molecule has 0 saturated carbocycles. The van der Waals surface area contributed by atoms with Gasteiger partial charge in [-0.1, -0.05) is 0 Å². The molecule has 130 valence electrons. The third-order valence-electron chi connectivity index (χ3n) is 4.73. The summed E-state index contributed by atoms with van der Waals surface area (Å²) in [4.78, 5) is 37.7. The van der Waals surface area contributed by atoms with Gasteiger partial charge in [0.2, 0.25) is 11.9 Å². The fraction of sp³-hybridized carbons (Fsp3) is 0.471. The summed E-state index contributed by atoms with van der Waals surface area (Å²) in [6, 6.07) is 1.66. The van der Waals surface area contributed by atoms with E-state index in [9.17, 15) is 4.79 Å². The highest BCUT2D eigenvalue weighted by atomic mass is 16.7. The molecular weight excluding hydrogens is 320 g/mol. The van der Waals surface area contributed by atoms with E-state index in [1.807, 2.05) is 0 Å². The number of nitrogens with zero attached hydrogens (tertiary/aromatic N) is 6. The molecule has 1 amide bonds. The Bertz CT molecular complexity index is 706. The molecule has 8 nitrogen and oxygen atoms in total. The van der Waals surface area contributed by atoms with E-state index >= 15 is 0 Å². The Balaban J connectivity index is 1.40. The minimum absolute atomic E-state index is 0.0433. The Labute approximate surface area is 145 Å².